The molecule has 0 radical (unpaired) electrons. The van der Waals surface area contributed by atoms with Crippen LogP contribution >= 0.6 is 11.8 Å². The van der Waals surface area contributed by atoms with Gasteiger partial charge in [-0.05, 0) is 29.8 Å². The smallest absolute Gasteiger partial charge is 0.195 e. The molecule has 0 unspecified atom stereocenters. The molecule has 0 saturated carbocycles. The number of nitrogens with zero attached hydrogens (tertiary/aromatic N) is 4. The number of aliphatic hydroxyl groups is 1. The van der Waals surface area contributed by atoms with Gasteiger partial charge in [-0.1, -0.05) is 18.2 Å². The molecular weight excluding hydrogens is 322 g/mol. The first kappa shape index (κ1) is 16.3. The van der Waals surface area contributed by atoms with Crippen LogP contribution in [0.25, 0.3) is 11.5 Å². The zero-order valence-corrected chi connectivity index (χ0v) is 13.8. The molecule has 2 heterocycles. The number of benzene rings is 1. The van der Waals surface area contributed by atoms with Crippen molar-refractivity contribution in [2.75, 3.05) is 5.73 Å². The summed E-state index contributed by atoms with van der Waals surface area (Å²) in [5.74, 6) is 3.68. The van der Waals surface area contributed by atoms with Gasteiger partial charge in [-0.25, -0.2) is 15.0 Å². The standard InChI is InChI=1S/C17H17N5OS/c1-2-3-6-9-22-11-19-15(18)14-16(22)21-17(20-14)24-13-8-5-4-7-12(13)10-23/h1,4-5,7-8,11,23H,3,6,9-10,18H2. The predicted octanol–water partition coefficient (Wildman–Crippen LogP) is 2.42. The van der Waals surface area contributed by atoms with Crippen LogP contribution in [-0.4, -0.2) is 24.6 Å². The van der Waals surface area contributed by atoms with Gasteiger partial charge in [0.15, 0.2) is 22.5 Å². The van der Waals surface area contributed by atoms with Gasteiger partial charge in [-0.2, -0.15) is 0 Å². The molecule has 0 spiro atoms. The Morgan fingerprint density at radius 2 is 2.12 bits per heavy atom. The summed E-state index contributed by atoms with van der Waals surface area (Å²) in [6.45, 7) is 0.684. The largest absolute Gasteiger partial charge is 0.392 e. The van der Waals surface area contributed by atoms with E-state index in [2.05, 4.69) is 20.9 Å². The SMILES string of the molecule is C#CCCCn1cnc(N)c2nc(Sc3ccccc3CO)nc1-2. The van der Waals surface area contributed by atoms with Crippen LogP contribution in [-0.2, 0) is 13.2 Å². The lowest BCUT2D eigenvalue weighted by molar-refractivity contribution is 0.279. The minimum absolute atomic E-state index is 0.0286. The van der Waals surface area contributed by atoms with Gasteiger partial charge in [0, 0.05) is 17.9 Å². The minimum atomic E-state index is -0.0286. The van der Waals surface area contributed by atoms with Crippen molar-refractivity contribution in [1.29, 1.82) is 0 Å². The van der Waals surface area contributed by atoms with Gasteiger partial charge in [0.2, 0.25) is 0 Å². The van der Waals surface area contributed by atoms with Gasteiger partial charge in [-0.3, -0.25) is 0 Å². The zero-order chi connectivity index (χ0) is 16.9. The second kappa shape index (κ2) is 7.34. The van der Waals surface area contributed by atoms with E-state index in [-0.39, 0.29) is 6.61 Å². The monoisotopic (exact) mass is 339 g/mol. The van der Waals surface area contributed by atoms with Gasteiger partial charge < -0.3 is 15.4 Å². The molecule has 0 atom stereocenters. The average molecular weight is 339 g/mol. The lowest BCUT2D eigenvalue weighted by atomic mass is 10.2. The second-order valence-electron chi connectivity index (χ2n) is 5.18. The quantitative estimate of drug-likeness (QED) is 0.529. The highest BCUT2D eigenvalue weighted by molar-refractivity contribution is 7.99. The number of aromatic nitrogens is 4. The number of aryl methyl sites for hydroxylation is 1. The fraction of sp³-hybridized carbons (Fsp3) is 0.235. The number of nitrogens with two attached hydrogens (primary N) is 1. The number of unbranched alkanes of at least 4 members (excludes halogenated alkanes) is 1. The van der Waals surface area contributed by atoms with E-state index in [1.807, 2.05) is 28.8 Å². The van der Waals surface area contributed by atoms with Crippen molar-refractivity contribution in [3.8, 4) is 23.9 Å². The third-order valence-electron chi connectivity index (χ3n) is 3.54. The highest BCUT2D eigenvalue weighted by atomic mass is 32.2. The lowest BCUT2D eigenvalue weighted by Crippen LogP contribution is -2.08. The second-order valence-corrected chi connectivity index (χ2v) is 6.19. The summed E-state index contributed by atoms with van der Waals surface area (Å²) in [7, 11) is 0. The molecule has 6 nitrogen and oxygen atoms in total. The maximum Gasteiger partial charge on any atom is 0.195 e. The zero-order valence-electron chi connectivity index (χ0n) is 13.0. The summed E-state index contributed by atoms with van der Waals surface area (Å²) >= 11 is 1.40. The van der Waals surface area contributed by atoms with E-state index in [0.29, 0.717) is 35.5 Å². The van der Waals surface area contributed by atoms with Crippen molar-refractivity contribution in [1.82, 2.24) is 19.5 Å². The van der Waals surface area contributed by atoms with Gasteiger partial charge in [0.1, 0.15) is 0 Å². The Bertz CT molecular complexity index is 855. The Balaban J connectivity index is 1.92. The molecule has 0 amide bonds. The number of imidazole rings is 1. The number of rotatable bonds is 6. The molecular formula is C17H17N5OS. The van der Waals surface area contributed by atoms with Crippen molar-refractivity contribution in [3.05, 3.63) is 36.2 Å². The van der Waals surface area contributed by atoms with Crippen LogP contribution in [0.2, 0.25) is 0 Å². The topological polar surface area (TPSA) is 89.9 Å². The van der Waals surface area contributed by atoms with Crippen molar-refractivity contribution in [3.63, 3.8) is 0 Å². The highest BCUT2D eigenvalue weighted by Crippen LogP contribution is 2.33. The van der Waals surface area contributed by atoms with E-state index in [1.54, 1.807) is 6.33 Å². The number of hydrogen-bond donors (Lipinski definition) is 2. The molecule has 0 fully saturated rings. The van der Waals surface area contributed by atoms with Crippen LogP contribution in [0.1, 0.15) is 18.4 Å². The minimum Gasteiger partial charge on any atom is -0.392 e. The van der Waals surface area contributed by atoms with E-state index in [9.17, 15) is 5.11 Å². The fourth-order valence-electron chi connectivity index (χ4n) is 2.33. The number of hydrogen-bond acceptors (Lipinski definition) is 6. The van der Waals surface area contributed by atoms with Crippen molar-refractivity contribution in [2.45, 2.75) is 36.0 Å². The highest BCUT2D eigenvalue weighted by Gasteiger charge is 2.19. The van der Waals surface area contributed by atoms with Crippen LogP contribution in [0.15, 0.2) is 40.6 Å². The Hall–Kier alpha value is -2.56. The number of anilines is 1. The molecule has 1 aromatic rings. The molecule has 2 aliphatic heterocycles. The summed E-state index contributed by atoms with van der Waals surface area (Å²) in [5.41, 5.74) is 7.36. The molecule has 0 aliphatic carbocycles. The van der Waals surface area contributed by atoms with E-state index in [4.69, 9.17) is 12.2 Å². The average Bonchev–Trinajstić information content (AvgIpc) is 3.02. The number of fused-ring (bicyclic) bond motifs is 1. The molecule has 1 aromatic carbocycles. The van der Waals surface area contributed by atoms with Crippen LogP contribution in [0.3, 0.4) is 0 Å². The molecule has 122 valence electrons. The molecule has 7 heteroatoms. The van der Waals surface area contributed by atoms with Gasteiger partial charge >= 0.3 is 0 Å². The summed E-state index contributed by atoms with van der Waals surface area (Å²) in [4.78, 5) is 14.2. The summed E-state index contributed by atoms with van der Waals surface area (Å²) in [6, 6.07) is 7.61. The first-order valence-corrected chi connectivity index (χ1v) is 8.33. The Labute approximate surface area is 144 Å². The van der Waals surface area contributed by atoms with E-state index >= 15 is 0 Å². The van der Waals surface area contributed by atoms with Crippen molar-refractivity contribution < 1.29 is 5.11 Å². The van der Waals surface area contributed by atoms with Crippen LogP contribution in [0.4, 0.5) is 5.82 Å². The normalized spacial score (nSPS) is 10.8. The maximum absolute atomic E-state index is 9.44. The van der Waals surface area contributed by atoms with Gasteiger partial charge in [0.25, 0.3) is 0 Å². The third kappa shape index (κ3) is 3.35. The molecule has 24 heavy (non-hydrogen) atoms. The fourth-order valence-corrected chi connectivity index (χ4v) is 3.20. The Morgan fingerprint density at radius 3 is 2.92 bits per heavy atom. The Kier molecular flexibility index (Phi) is 4.99. The van der Waals surface area contributed by atoms with Gasteiger partial charge in [0.05, 0.1) is 12.9 Å². The summed E-state index contributed by atoms with van der Waals surface area (Å²) in [6.07, 6.45) is 8.50. The van der Waals surface area contributed by atoms with Crippen LogP contribution in [0, 0.1) is 12.3 Å². The molecule has 2 aliphatic rings. The molecule has 0 saturated heterocycles. The number of terminal acetylenes is 1. The third-order valence-corrected chi connectivity index (χ3v) is 4.52. The number of aliphatic hydroxyl groups excluding tert-OH is 1. The lowest BCUT2D eigenvalue weighted by Gasteiger charge is -2.09. The van der Waals surface area contributed by atoms with E-state index in [0.717, 1.165) is 16.9 Å². The van der Waals surface area contributed by atoms with E-state index < -0.39 is 0 Å². The van der Waals surface area contributed by atoms with E-state index in [1.165, 1.54) is 11.8 Å². The molecule has 0 bridgehead atoms. The summed E-state index contributed by atoms with van der Waals surface area (Å²) < 4.78 is 1.91. The van der Waals surface area contributed by atoms with Crippen LogP contribution < -0.4 is 5.73 Å². The first-order chi connectivity index (χ1) is 11.7. The van der Waals surface area contributed by atoms with Crippen molar-refractivity contribution >= 4 is 17.6 Å². The Morgan fingerprint density at radius 1 is 1.29 bits per heavy atom. The number of nitrogen functional groups attached to an aromatic ring is 1. The maximum atomic E-state index is 9.44. The molecule has 0 aromatic heterocycles. The van der Waals surface area contributed by atoms with Gasteiger partial charge in [-0.15, -0.1) is 12.3 Å². The first-order valence-electron chi connectivity index (χ1n) is 7.51. The molecule has 3 N–H and O–H groups in total. The molecule has 3 rings (SSSR count). The predicted molar refractivity (Wildman–Crippen MR) is 93.4 cm³/mol. The summed E-state index contributed by atoms with van der Waals surface area (Å²) in [5, 5.41) is 10.0. The van der Waals surface area contributed by atoms with Crippen molar-refractivity contribution in [2.24, 2.45) is 0 Å². The van der Waals surface area contributed by atoms with Crippen LogP contribution in [0.5, 0.6) is 0 Å².